The molecule has 1 nitrogen and oxygen atoms in total. The van der Waals surface area contributed by atoms with Gasteiger partial charge in [-0.1, -0.05) is 54.6 Å². The van der Waals surface area contributed by atoms with E-state index in [0.29, 0.717) is 5.56 Å². The van der Waals surface area contributed by atoms with Crippen LogP contribution in [0.5, 0.6) is 5.75 Å². The van der Waals surface area contributed by atoms with Crippen LogP contribution in [0.4, 0.5) is 13.2 Å². The zero-order chi connectivity index (χ0) is 23.6. The Balaban J connectivity index is 0.000000431. The van der Waals surface area contributed by atoms with Crippen LogP contribution in [0.1, 0.15) is 16.7 Å². The fourth-order valence-corrected chi connectivity index (χ4v) is 4.23. The standard InChI is InChI=1S/C25H16F3O.C5H5.Fe/c26-25(27,28)21-13-11-20(12-14-21)24(19-6-2-3-7-19)16-15-18-10-9-17-5-1-4-8-22(17)23(18)29-24;1-2-4-5-3-1;/h1-16H;1-5H;/q;;+2. The molecule has 2 fully saturated rings. The summed E-state index contributed by atoms with van der Waals surface area (Å²) in [6, 6.07) is 17.2. The molecule has 10 radical (unpaired) electrons. The minimum absolute atomic E-state index is 0. The quantitative estimate of drug-likeness (QED) is 0.323. The van der Waals surface area contributed by atoms with Gasteiger partial charge in [0.25, 0.3) is 0 Å². The first-order valence-corrected chi connectivity index (χ1v) is 10.9. The van der Waals surface area contributed by atoms with Crippen LogP contribution >= 0.6 is 0 Å². The monoisotopic (exact) mass is 510 g/mol. The second-order valence-corrected chi connectivity index (χ2v) is 8.09. The van der Waals surface area contributed by atoms with Gasteiger partial charge in [-0.25, -0.2) is 0 Å². The predicted octanol–water partition coefficient (Wildman–Crippen LogP) is 7.58. The van der Waals surface area contributed by atoms with Crippen molar-refractivity contribution < 1.29 is 35.0 Å². The average molecular weight is 510 g/mol. The van der Waals surface area contributed by atoms with E-state index in [9.17, 15) is 13.2 Å². The van der Waals surface area contributed by atoms with E-state index in [-0.39, 0.29) is 17.1 Å². The summed E-state index contributed by atoms with van der Waals surface area (Å²) in [5, 5.41) is 2.02. The van der Waals surface area contributed by atoms with Gasteiger partial charge in [-0.15, -0.1) is 0 Å². The largest absolute Gasteiger partial charge is 2.00 e. The van der Waals surface area contributed by atoms with Crippen molar-refractivity contribution in [2.75, 3.05) is 0 Å². The summed E-state index contributed by atoms with van der Waals surface area (Å²) in [5.41, 5.74) is -0.0843. The van der Waals surface area contributed by atoms with Crippen LogP contribution in [0.25, 0.3) is 16.8 Å². The summed E-state index contributed by atoms with van der Waals surface area (Å²) in [5.74, 6) is 1.60. The van der Waals surface area contributed by atoms with Gasteiger partial charge in [0.1, 0.15) is 5.75 Å². The predicted molar refractivity (Wildman–Crippen MR) is 129 cm³/mol. The molecule has 3 aliphatic rings. The van der Waals surface area contributed by atoms with Gasteiger partial charge in [0.2, 0.25) is 0 Å². The maximum Gasteiger partial charge on any atom is 2.00 e. The molecular weight excluding hydrogens is 489 g/mol. The molecule has 35 heavy (non-hydrogen) atoms. The summed E-state index contributed by atoms with van der Waals surface area (Å²) < 4.78 is 45.8. The zero-order valence-corrected chi connectivity index (χ0v) is 19.6. The van der Waals surface area contributed by atoms with E-state index in [1.165, 1.54) is 12.1 Å². The van der Waals surface area contributed by atoms with Crippen LogP contribution in [-0.4, -0.2) is 0 Å². The van der Waals surface area contributed by atoms with E-state index in [1.807, 2.05) is 106 Å². The van der Waals surface area contributed by atoms with Crippen molar-refractivity contribution in [1.29, 1.82) is 0 Å². The minimum atomic E-state index is -4.38. The van der Waals surface area contributed by atoms with Crippen LogP contribution in [0.3, 0.4) is 0 Å². The molecule has 0 amide bonds. The Morgan fingerprint density at radius 2 is 1.31 bits per heavy atom. The Labute approximate surface area is 216 Å². The van der Waals surface area contributed by atoms with Crippen molar-refractivity contribution in [3.63, 3.8) is 0 Å². The van der Waals surface area contributed by atoms with Gasteiger partial charge in [0.15, 0.2) is 5.60 Å². The first-order chi connectivity index (χ1) is 16.5. The molecule has 0 saturated heterocycles. The normalized spacial score (nSPS) is 21.6. The number of ether oxygens (including phenoxy) is 1. The Hall–Kier alpha value is -2.23. The van der Waals surface area contributed by atoms with Gasteiger partial charge < -0.3 is 4.74 Å². The molecule has 0 bridgehead atoms. The van der Waals surface area contributed by atoms with Crippen molar-refractivity contribution in [3.05, 3.63) is 147 Å². The number of fused-ring (bicyclic) bond motifs is 3. The number of rotatable bonds is 2. The summed E-state index contributed by atoms with van der Waals surface area (Å²) in [6.07, 6.45) is 17.2. The SMILES string of the molecule is FC(F)(F)c1ccc(C2([C]3[CH][CH][CH][CH]3)C=Cc3ccc4ccccc4c3O2)cc1.[CH]1[CH][CH][CH][CH]1.[Fe+2]. The molecule has 1 aliphatic heterocycles. The van der Waals surface area contributed by atoms with Gasteiger partial charge in [-0.05, 0) is 86.9 Å². The summed E-state index contributed by atoms with van der Waals surface area (Å²) in [7, 11) is 0. The van der Waals surface area contributed by atoms with Gasteiger partial charge >= 0.3 is 23.2 Å². The Morgan fingerprint density at radius 1 is 0.686 bits per heavy atom. The number of benzene rings is 3. The third kappa shape index (κ3) is 5.32. The second-order valence-electron chi connectivity index (χ2n) is 8.09. The number of alkyl halides is 3. The fourth-order valence-electron chi connectivity index (χ4n) is 4.23. The van der Waals surface area contributed by atoms with Gasteiger partial charge in [0, 0.05) is 16.9 Å². The number of hydrogen-bond acceptors (Lipinski definition) is 1. The number of hydrogen-bond donors (Lipinski definition) is 0. The van der Waals surface area contributed by atoms with E-state index in [0.717, 1.165) is 40.1 Å². The molecule has 3 aromatic rings. The topological polar surface area (TPSA) is 9.23 Å². The Morgan fingerprint density at radius 3 is 1.94 bits per heavy atom. The van der Waals surface area contributed by atoms with Crippen molar-refractivity contribution in [2.45, 2.75) is 11.8 Å². The average Bonchev–Trinajstić information content (AvgIpc) is 3.61. The molecule has 1 atom stereocenters. The molecule has 0 spiro atoms. The minimum Gasteiger partial charge on any atom is -0.477 e. The van der Waals surface area contributed by atoms with E-state index >= 15 is 0 Å². The van der Waals surface area contributed by atoms with Crippen LogP contribution in [0.2, 0.25) is 0 Å². The second kappa shape index (κ2) is 10.8. The van der Waals surface area contributed by atoms with E-state index < -0.39 is 17.3 Å². The third-order valence-electron chi connectivity index (χ3n) is 5.96. The first-order valence-electron chi connectivity index (χ1n) is 10.9. The molecule has 1 unspecified atom stereocenters. The van der Waals surface area contributed by atoms with Crippen molar-refractivity contribution in [3.8, 4) is 5.75 Å². The maximum absolute atomic E-state index is 13.1. The van der Waals surface area contributed by atoms with E-state index in [2.05, 4.69) is 0 Å². The molecule has 5 heteroatoms. The molecule has 1 heterocycles. The van der Waals surface area contributed by atoms with Gasteiger partial charge in [-0.2, -0.15) is 13.2 Å². The van der Waals surface area contributed by atoms with Crippen LogP contribution in [0, 0.1) is 63.7 Å². The first kappa shape index (κ1) is 25.9. The van der Waals surface area contributed by atoms with E-state index in [4.69, 9.17) is 4.74 Å². The van der Waals surface area contributed by atoms with Crippen molar-refractivity contribution >= 4 is 16.8 Å². The molecular formula is C30H21F3FeO+2. The van der Waals surface area contributed by atoms with Crippen LogP contribution in [-0.2, 0) is 28.8 Å². The van der Waals surface area contributed by atoms with Crippen molar-refractivity contribution in [1.82, 2.24) is 0 Å². The molecule has 2 aliphatic carbocycles. The smallest absolute Gasteiger partial charge is 0.477 e. The summed E-state index contributed by atoms with van der Waals surface area (Å²) in [6.45, 7) is 0. The van der Waals surface area contributed by atoms with E-state index in [1.54, 1.807) is 0 Å². The molecule has 174 valence electrons. The summed E-state index contributed by atoms with van der Waals surface area (Å²) in [4.78, 5) is 0. The zero-order valence-electron chi connectivity index (χ0n) is 18.5. The summed E-state index contributed by atoms with van der Waals surface area (Å²) >= 11 is 0. The van der Waals surface area contributed by atoms with Crippen LogP contribution in [0.15, 0.2) is 66.7 Å². The van der Waals surface area contributed by atoms with Crippen molar-refractivity contribution in [2.24, 2.45) is 0 Å². The third-order valence-corrected chi connectivity index (χ3v) is 5.96. The molecule has 3 aromatic carbocycles. The molecule has 6 rings (SSSR count). The fraction of sp³-hybridized carbons (Fsp3) is 0.0667. The number of halogens is 3. The van der Waals surface area contributed by atoms with Gasteiger partial charge in [-0.3, -0.25) is 0 Å². The molecule has 2 saturated carbocycles. The van der Waals surface area contributed by atoms with Gasteiger partial charge in [0.05, 0.1) is 5.56 Å². The molecule has 0 aromatic heterocycles. The molecule has 0 N–H and O–H groups in total. The maximum atomic E-state index is 13.1. The Bertz CT molecular complexity index is 1150. The Kier molecular flexibility index (Phi) is 7.98. The van der Waals surface area contributed by atoms with Crippen LogP contribution < -0.4 is 4.74 Å².